The van der Waals surface area contributed by atoms with E-state index in [2.05, 4.69) is 6.92 Å². The summed E-state index contributed by atoms with van der Waals surface area (Å²) >= 11 is 0. The highest BCUT2D eigenvalue weighted by Crippen LogP contribution is 2.02. The van der Waals surface area contributed by atoms with Gasteiger partial charge < -0.3 is 10.6 Å². The molecule has 0 saturated heterocycles. The molecule has 4 heteroatoms. The lowest BCUT2D eigenvalue weighted by molar-refractivity contribution is -0.126. The predicted octanol–water partition coefficient (Wildman–Crippen LogP) is 1.46. The minimum absolute atomic E-state index is 0.141. The highest BCUT2D eigenvalue weighted by Gasteiger charge is 2.07. The molecule has 0 spiro atoms. The van der Waals surface area contributed by atoms with Crippen molar-refractivity contribution < 1.29 is 9.59 Å². The Morgan fingerprint density at radius 3 is 2.31 bits per heavy atom. The van der Waals surface area contributed by atoms with Crippen LogP contribution >= 0.6 is 0 Å². The van der Waals surface area contributed by atoms with Gasteiger partial charge in [-0.1, -0.05) is 26.2 Å². The van der Waals surface area contributed by atoms with Gasteiger partial charge in [-0.25, -0.2) is 0 Å². The molecule has 0 atom stereocenters. The van der Waals surface area contributed by atoms with Crippen LogP contribution in [0.3, 0.4) is 0 Å². The van der Waals surface area contributed by atoms with Crippen molar-refractivity contribution in [2.75, 3.05) is 13.1 Å². The standard InChI is InChI=1S/C12H22N2O2/c1-3-5-6-7-10-14(4-2)12(16)9-8-11(13)15/h8-9H,3-7,10H2,1-2H3,(H2,13,15). The van der Waals surface area contributed by atoms with Crippen LogP contribution in [0.15, 0.2) is 12.2 Å². The predicted molar refractivity (Wildman–Crippen MR) is 64.7 cm³/mol. The molecule has 0 aliphatic heterocycles. The Kier molecular flexibility index (Phi) is 8.21. The Labute approximate surface area is 97.5 Å². The Morgan fingerprint density at radius 1 is 1.12 bits per heavy atom. The van der Waals surface area contributed by atoms with Crippen LogP contribution in [0.25, 0.3) is 0 Å². The van der Waals surface area contributed by atoms with E-state index in [0.29, 0.717) is 6.54 Å². The molecular formula is C12H22N2O2. The number of carbonyl (C=O) groups excluding carboxylic acids is 2. The maximum atomic E-state index is 11.6. The monoisotopic (exact) mass is 226 g/mol. The Hall–Kier alpha value is -1.32. The fraction of sp³-hybridized carbons (Fsp3) is 0.667. The molecule has 0 unspecified atom stereocenters. The van der Waals surface area contributed by atoms with Gasteiger partial charge in [0.15, 0.2) is 0 Å². The number of primary amides is 1. The maximum Gasteiger partial charge on any atom is 0.246 e. The van der Waals surface area contributed by atoms with E-state index < -0.39 is 5.91 Å². The third-order valence-corrected chi connectivity index (χ3v) is 2.37. The molecule has 0 bridgehead atoms. The maximum absolute atomic E-state index is 11.6. The summed E-state index contributed by atoms with van der Waals surface area (Å²) in [5.41, 5.74) is 4.93. The molecule has 0 saturated carbocycles. The second kappa shape index (κ2) is 8.95. The second-order valence-corrected chi connectivity index (χ2v) is 3.71. The zero-order valence-corrected chi connectivity index (χ0v) is 10.2. The first kappa shape index (κ1) is 14.7. The summed E-state index contributed by atoms with van der Waals surface area (Å²) in [7, 11) is 0. The van der Waals surface area contributed by atoms with Crippen LogP contribution in [0.1, 0.15) is 39.5 Å². The van der Waals surface area contributed by atoms with Crippen LogP contribution in [-0.4, -0.2) is 29.8 Å². The fourth-order valence-corrected chi connectivity index (χ4v) is 1.41. The molecule has 0 heterocycles. The fourth-order valence-electron chi connectivity index (χ4n) is 1.41. The first-order valence-electron chi connectivity index (χ1n) is 5.88. The highest BCUT2D eigenvalue weighted by atomic mass is 16.2. The smallest absolute Gasteiger partial charge is 0.246 e. The van der Waals surface area contributed by atoms with Crippen molar-refractivity contribution in [3.8, 4) is 0 Å². The minimum Gasteiger partial charge on any atom is -0.366 e. The van der Waals surface area contributed by atoms with Gasteiger partial charge in [-0.2, -0.15) is 0 Å². The molecule has 0 aromatic carbocycles. The number of carbonyl (C=O) groups is 2. The molecule has 16 heavy (non-hydrogen) atoms. The summed E-state index contributed by atoms with van der Waals surface area (Å²) < 4.78 is 0. The van der Waals surface area contributed by atoms with Gasteiger partial charge in [-0.3, -0.25) is 9.59 Å². The minimum atomic E-state index is -0.588. The van der Waals surface area contributed by atoms with Crippen LogP contribution in [-0.2, 0) is 9.59 Å². The summed E-state index contributed by atoms with van der Waals surface area (Å²) in [6.45, 7) is 5.49. The van der Waals surface area contributed by atoms with Crippen LogP contribution in [0.4, 0.5) is 0 Å². The van der Waals surface area contributed by atoms with E-state index in [1.807, 2.05) is 6.92 Å². The van der Waals surface area contributed by atoms with Gasteiger partial charge >= 0.3 is 0 Å². The van der Waals surface area contributed by atoms with Crippen molar-refractivity contribution in [1.82, 2.24) is 4.90 Å². The van der Waals surface area contributed by atoms with Crippen LogP contribution < -0.4 is 5.73 Å². The number of nitrogens with zero attached hydrogens (tertiary/aromatic N) is 1. The van der Waals surface area contributed by atoms with Crippen molar-refractivity contribution in [1.29, 1.82) is 0 Å². The van der Waals surface area contributed by atoms with Crippen molar-refractivity contribution in [3.05, 3.63) is 12.2 Å². The van der Waals surface area contributed by atoms with Crippen molar-refractivity contribution in [2.24, 2.45) is 5.73 Å². The van der Waals surface area contributed by atoms with Gasteiger partial charge in [0.2, 0.25) is 11.8 Å². The molecule has 0 aliphatic carbocycles. The largest absolute Gasteiger partial charge is 0.366 e. The SMILES string of the molecule is CCCCCCN(CC)C(=O)C=CC(N)=O. The van der Waals surface area contributed by atoms with Gasteiger partial charge in [0, 0.05) is 25.2 Å². The number of likely N-dealkylation sites (N-methyl/N-ethyl adjacent to an activating group) is 1. The van der Waals surface area contributed by atoms with E-state index in [4.69, 9.17) is 5.73 Å². The second-order valence-electron chi connectivity index (χ2n) is 3.71. The van der Waals surface area contributed by atoms with Gasteiger partial charge in [0.1, 0.15) is 0 Å². The van der Waals surface area contributed by atoms with E-state index in [1.54, 1.807) is 4.90 Å². The topological polar surface area (TPSA) is 63.4 Å². The zero-order valence-electron chi connectivity index (χ0n) is 10.2. The molecule has 0 radical (unpaired) electrons. The Balaban J connectivity index is 3.97. The number of nitrogens with two attached hydrogens (primary N) is 1. The van der Waals surface area contributed by atoms with Gasteiger partial charge in [-0.15, -0.1) is 0 Å². The van der Waals surface area contributed by atoms with Crippen LogP contribution in [0.5, 0.6) is 0 Å². The molecule has 0 aromatic rings. The first-order valence-corrected chi connectivity index (χ1v) is 5.88. The lowest BCUT2D eigenvalue weighted by atomic mass is 10.2. The summed E-state index contributed by atoms with van der Waals surface area (Å²) in [6.07, 6.45) is 6.88. The van der Waals surface area contributed by atoms with Gasteiger partial charge in [0.25, 0.3) is 0 Å². The summed E-state index contributed by atoms with van der Waals surface area (Å²) in [5.74, 6) is -0.729. The van der Waals surface area contributed by atoms with E-state index in [9.17, 15) is 9.59 Å². The molecular weight excluding hydrogens is 204 g/mol. The molecule has 0 aliphatic rings. The first-order chi connectivity index (χ1) is 7.61. The highest BCUT2D eigenvalue weighted by molar-refractivity contribution is 5.95. The summed E-state index contributed by atoms with van der Waals surface area (Å²) in [5, 5.41) is 0. The summed E-state index contributed by atoms with van der Waals surface area (Å²) in [4.78, 5) is 23.8. The number of unbranched alkanes of at least 4 members (excludes halogenated alkanes) is 3. The Morgan fingerprint density at radius 2 is 1.81 bits per heavy atom. The van der Waals surface area contributed by atoms with E-state index in [1.165, 1.54) is 18.9 Å². The average Bonchev–Trinajstić information content (AvgIpc) is 2.26. The average molecular weight is 226 g/mol. The van der Waals surface area contributed by atoms with Crippen LogP contribution in [0.2, 0.25) is 0 Å². The number of hydrogen-bond acceptors (Lipinski definition) is 2. The number of amides is 2. The number of rotatable bonds is 8. The third kappa shape index (κ3) is 7.04. The quantitative estimate of drug-likeness (QED) is 0.503. The van der Waals surface area contributed by atoms with Gasteiger partial charge in [-0.05, 0) is 13.3 Å². The molecule has 2 amide bonds. The van der Waals surface area contributed by atoms with Crippen molar-refractivity contribution in [2.45, 2.75) is 39.5 Å². The number of hydrogen-bond donors (Lipinski definition) is 1. The Bertz CT molecular complexity index is 249. The van der Waals surface area contributed by atoms with E-state index in [-0.39, 0.29) is 5.91 Å². The molecule has 0 rings (SSSR count). The lowest BCUT2D eigenvalue weighted by Crippen LogP contribution is -2.30. The molecule has 0 aromatic heterocycles. The van der Waals surface area contributed by atoms with E-state index in [0.717, 1.165) is 25.5 Å². The van der Waals surface area contributed by atoms with Crippen molar-refractivity contribution >= 4 is 11.8 Å². The zero-order chi connectivity index (χ0) is 12.4. The molecule has 2 N–H and O–H groups in total. The van der Waals surface area contributed by atoms with Crippen molar-refractivity contribution in [3.63, 3.8) is 0 Å². The third-order valence-electron chi connectivity index (χ3n) is 2.37. The van der Waals surface area contributed by atoms with E-state index >= 15 is 0 Å². The lowest BCUT2D eigenvalue weighted by Gasteiger charge is -2.18. The van der Waals surface area contributed by atoms with Crippen LogP contribution in [0, 0.1) is 0 Å². The molecule has 4 nitrogen and oxygen atoms in total. The molecule has 92 valence electrons. The normalized spacial score (nSPS) is 10.6. The van der Waals surface area contributed by atoms with Gasteiger partial charge in [0.05, 0.1) is 0 Å². The summed E-state index contributed by atoms with van der Waals surface area (Å²) in [6, 6.07) is 0. The molecule has 0 fully saturated rings.